The standard InChI is InChI=1S/C14H20FN3O2/c1-14(2,3)18-13(16)17-6-9-4-11(15)5-10-7-19-8-20-12(9)10/h4-5H,6-8H2,1-3H3,(H3,16,17,18). The minimum atomic E-state index is -0.328. The molecule has 0 aliphatic carbocycles. The number of hydrogen-bond donors (Lipinski definition) is 2. The molecule has 6 heteroatoms. The number of nitrogens with one attached hydrogen (secondary N) is 1. The molecule has 0 aromatic heterocycles. The molecule has 1 aromatic carbocycles. The highest BCUT2D eigenvalue weighted by Crippen LogP contribution is 2.29. The molecule has 0 bridgehead atoms. The molecule has 1 heterocycles. The predicted octanol–water partition coefficient (Wildman–Crippen LogP) is 1.90. The Morgan fingerprint density at radius 1 is 1.45 bits per heavy atom. The van der Waals surface area contributed by atoms with Crippen LogP contribution in [0.5, 0.6) is 5.75 Å². The van der Waals surface area contributed by atoms with Crippen molar-refractivity contribution in [3.63, 3.8) is 0 Å². The number of rotatable bonds is 2. The van der Waals surface area contributed by atoms with Gasteiger partial charge in [0, 0.05) is 16.7 Å². The van der Waals surface area contributed by atoms with Gasteiger partial charge < -0.3 is 20.5 Å². The lowest BCUT2D eigenvalue weighted by Gasteiger charge is -2.22. The van der Waals surface area contributed by atoms with Crippen LogP contribution >= 0.6 is 0 Å². The number of nitrogens with zero attached hydrogens (tertiary/aromatic N) is 1. The maximum atomic E-state index is 13.5. The lowest BCUT2D eigenvalue weighted by atomic mass is 10.1. The highest BCUT2D eigenvalue weighted by atomic mass is 19.1. The number of ether oxygens (including phenoxy) is 2. The molecule has 0 spiro atoms. The van der Waals surface area contributed by atoms with E-state index in [0.717, 1.165) is 0 Å². The van der Waals surface area contributed by atoms with Crippen molar-refractivity contribution in [2.24, 2.45) is 10.7 Å². The van der Waals surface area contributed by atoms with Crippen molar-refractivity contribution in [1.29, 1.82) is 0 Å². The van der Waals surface area contributed by atoms with Crippen LogP contribution in [0.4, 0.5) is 4.39 Å². The van der Waals surface area contributed by atoms with Gasteiger partial charge in [-0.1, -0.05) is 0 Å². The number of nitrogens with two attached hydrogens (primary N) is 1. The zero-order valence-electron chi connectivity index (χ0n) is 12.0. The first-order valence-corrected chi connectivity index (χ1v) is 6.45. The molecule has 0 atom stereocenters. The van der Waals surface area contributed by atoms with E-state index in [0.29, 0.717) is 29.4 Å². The second kappa shape index (κ2) is 5.66. The Morgan fingerprint density at radius 3 is 2.90 bits per heavy atom. The van der Waals surface area contributed by atoms with Crippen LogP contribution in [0.2, 0.25) is 0 Å². The van der Waals surface area contributed by atoms with Crippen molar-refractivity contribution in [2.45, 2.75) is 39.5 Å². The summed E-state index contributed by atoms with van der Waals surface area (Å²) in [5.74, 6) is 0.637. The van der Waals surface area contributed by atoms with Gasteiger partial charge in [0.05, 0.1) is 13.2 Å². The summed E-state index contributed by atoms with van der Waals surface area (Å²) in [7, 11) is 0. The number of aliphatic imine (C=N–C) groups is 1. The molecule has 0 fully saturated rings. The average molecular weight is 281 g/mol. The van der Waals surface area contributed by atoms with Crippen LogP contribution in [0.25, 0.3) is 0 Å². The normalized spacial score (nSPS) is 15.5. The first-order chi connectivity index (χ1) is 9.35. The van der Waals surface area contributed by atoms with Gasteiger partial charge in [-0.25, -0.2) is 9.38 Å². The fourth-order valence-electron chi connectivity index (χ4n) is 1.97. The highest BCUT2D eigenvalue weighted by molar-refractivity contribution is 5.78. The number of halogens is 1. The molecule has 0 amide bonds. The van der Waals surface area contributed by atoms with E-state index in [-0.39, 0.29) is 24.7 Å². The molecular weight excluding hydrogens is 261 g/mol. The molecule has 0 saturated heterocycles. The Hall–Kier alpha value is -1.82. The van der Waals surface area contributed by atoms with Gasteiger partial charge in [-0.2, -0.15) is 0 Å². The second-order valence-corrected chi connectivity index (χ2v) is 5.74. The molecule has 0 saturated carbocycles. The maximum absolute atomic E-state index is 13.5. The summed E-state index contributed by atoms with van der Waals surface area (Å²) in [5, 5.41) is 3.05. The van der Waals surface area contributed by atoms with Crippen molar-refractivity contribution >= 4 is 5.96 Å². The third-order valence-electron chi connectivity index (χ3n) is 2.67. The monoisotopic (exact) mass is 281 g/mol. The number of benzene rings is 1. The Kier molecular flexibility index (Phi) is 4.13. The zero-order valence-corrected chi connectivity index (χ0v) is 12.0. The lowest BCUT2D eigenvalue weighted by Crippen LogP contribution is -2.45. The molecule has 1 aliphatic heterocycles. The molecule has 20 heavy (non-hydrogen) atoms. The lowest BCUT2D eigenvalue weighted by molar-refractivity contribution is -0.0172. The van der Waals surface area contributed by atoms with Gasteiger partial charge in [-0.3, -0.25) is 0 Å². The highest BCUT2D eigenvalue weighted by Gasteiger charge is 2.17. The first-order valence-electron chi connectivity index (χ1n) is 6.45. The van der Waals surface area contributed by atoms with Crippen LogP contribution in [0.15, 0.2) is 17.1 Å². The average Bonchev–Trinajstić information content (AvgIpc) is 2.33. The van der Waals surface area contributed by atoms with Crippen LogP contribution in [-0.2, 0) is 17.9 Å². The van der Waals surface area contributed by atoms with Gasteiger partial charge in [0.2, 0.25) is 0 Å². The number of hydrogen-bond acceptors (Lipinski definition) is 3. The van der Waals surface area contributed by atoms with Crippen LogP contribution in [0, 0.1) is 5.82 Å². The third-order valence-corrected chi connectivity index (χ3v) is 2.67. The van der Waals surface area contributed by atoms with E-state index in [9.17, 15) is 4.39 Å². The van der Waals surface area contributed by atoms with Crippen molar-refractivity contribution in [1.82, 2.24) is 5.32 Å². The van der Waals surface area contributed by atoms with E-state index >= 15 is 0 Å². The Morgan fingerprint density at radius 2 is 2.20 bits per heavy atom. The van der Waals surface area contributed by atoms with Gasteiger partial charge in [-0.15, -0.1) is 0 Å². The third kappa shape index (κ3) is 3.84. The maximum Gasteiger partial charge on any atom is 0.189 e. The molecule has 110 valence electrons. The number of fused-ring (bicyclic) bond motifs is 1. The number of guanidine groups is 1. The van der Waals surface area contributed by atoms with Gasteiger partial charge in [-0.05, 0) is 32.9 Å². The fraction of sp³-hybridized carbons (Fsp3) is 0.500. The largest absolute Gasteiger partial charge is 0.467 e. The summed E-state index contributed by atoms with van der Waals surface area (Å²) in [6.45, 7) is 6.74. The predicted molar refractivity (Wildman–Crippen MR) is 74.9 cm³/mol. The quantitative estimate of drug-likeness (QED) is 0.641. The Bertz CT molecular complexity index is 524. The summed E-state index contributed by atoms with van der Waals surface area (Å²) >= 11 is 0. The van der Waals surface area contributed by atoms with E-state index < -0.39 is 0 Å². The van der Waals surface area contributed by atoms with Crippen molar-refractivity contribution in [2.75, 3.05) is 6.79 Å². The van der Waals surface area contributed by atoms with E-state index in [1.807, 2.05) is 20.8 Å². The summed E-state index contributed by atoms with van der Waals surface area (Å²) in [6, 6.07) is 2.83. The van der Waals surface area contributed by atoms with Crippen molar-refractivity contribution in [3.8, 4) is 5.75 Å². The van der Waals surface area contributed by atoms with Gasteiger partial charge in [0.25, 0.3) is 0 Å². The molecular formula is C14H20FN3O2. The minimum Gasteiger partial charge on any atom is -0.467 e. The van der Waals surface area contributed by atoms with Crippen LogP contribution in [-0.4, -0.2) is 18.3 Å². The van der Waals surface area contributed by atoms with E-state index in [1.54, 1.807) is 0 Å². The van der Waals surface area contributed by atoms with Gasteiger partial charge in [0.15, 0.2) is 12.8 Å². The van der Waals surface area contributed by atoms with Gasteiger partial charge in [0.1, 0.15) is 11.6 Å². The SMILES string of the molecule is CC(C)(C)NC(N)=NCc1cc(F)cc2c1OCOC2. The van der Waals surface area contributed by atoms with E-state index in [1.165, 1.54) is 12.1 Å². The summed E-state index contributed by atoms with van der Waals surface area (Å²) in [5.41, 5.74) is 7.00. The molecule has 0 unspecified atom stereocenters. The Balaban J connectivity index is 2.17. The molecule has 5 nitrogen and oxygen atoms in total. The van der Waals surface area contributed by atoms with E-state index in [2.05, 4.69) is 10.3 Å². The fourth-order valence-corrected chi connectivity index (χ4v) is 1.97. The van der Waals surface area contributed by atoms with Crippen LogP contribution in [0.1, 0.15) is 31.9 Å². The van der Waals surface area contributed by atoms with Crippen molar-refractivity contribution < 1.29 is 13.9 Å². The molecule has 2 rings (SSSR count). The molecule has 0 radical (unpaired) electrons. The van der Waals surface area contributed by atoms with Gasteiger partial charge >= 0.3 is 0 Å². The minimum absolute atomic E-state index is 0.167. The summed E-state index contributed by atoms with van der Waals surface area (Å²) < 4.78 is 24.1. The van der Waals surface area contributed by atoms with Crippen molar-refractivity contribution in [3.05, 3.63) is 29.1 Å². The summed E-state index contributed by atoms with van der Waals surface area (Å²) in [6.07, 6.45) is 0. The second-order valence-electron chi connectivity index (χ2n) is 5.74. The summed E-state index contributed by atoms with van der Waals surface area (Å²) in [4.78, 5) is 4.22. The molecule has 3 N–H and O–H groups in total. The topological polar surface area (TPSA) is 68.9 Å². The van der Waals surface area contributed by atoms with Crippen LogP contribution in [0.3, 0.4) is 0 Å². The Labute approximate surface area is 118 Å². The molecule has 1 aliphatic rings. The smallest absolute Gasteiger partial charge is 0.189 e. The first kappa shape index (κ1) is 14.6. The van der Waals surface area contributed by atoms with Crippen LogP contribution < -0.4 is 15.8 Å². The zero-order chi connectivity index (χ0) is 14.8. The van der Waals surface area contributed by atoms with E-state index in [4.69, 9.17) is 15.2 Å². The molecule has 1 aromatic rings.